The van der Waals surface area contributed by atoms with E-state index in [1.165, 1.54) is 0 Å². The van der Waals surface area contributed by atoms with E-state index in [0.717, 1.165) is 17.0 Å². The van der Waals surface area contributed by atoms with E-state index in [9.17, 15) is 4.79 Å². The van der Waals surface area contributed by atoms with Crippen LogP contribution < -0.4 is 10.1 Å². The van der Waals surface area contributed by atoms with Crippen molar-refractivity contribution in [3.8, 4) is 5.75 Å². The Kier molecular flexibility index (Phi) is 4.81. The highest BCUT2D eigenvalue weighted by Gasteiger charge is 2.21. The number of benzene rings is 1. The number of carbonyl (C=O) groups is 1. The van der Waals surface area contributed by atoms with E-state index in [1.54, 1.807) is 14.0 Å². The molecule has 0 aromatic heterocycles. The van der Waals surface area contributed by atoms with Crippen LogP contribution in [-0.2, 0) is 9.53 Å². The van der Waals surface area contributed by atoms with Crippen LogP contribution in [0, 0.1) is 6.92 Å². The van der Waals surface area contributed by atoms with Gasteiger partial charge in [0.2, 0.25) is 0 Å². The largest absolute Gasteiger partial charge is 0.496 e. The lowest BCUT2D eigenvalue weighted by molar-refractivity contribution is -0.155. The summed E-state index contributed by atoms with van der Waals surface area (Å²) in [6.45, 7) is 9.31. The molecule has 4 heteroatoms. The normalized spacial score (nSPS) is 12.7. The molecule has 0 fully saturated rings. The van der Waals surface area contributed by atoms with Crippen LogP contribution in [0.2, 0.25) is 0 Å². The van der Waals surface area contributed by atoms with Gasteiger partial charge >= 0.3 is 5.97 Å². The molecule has 0 aliphatic heterocycles. The van der Waals surface area contributed by atoms with E-state index in [1.807, 2.05) is 45.9 Å². The van der Waals surface area contributed by atoms with Crippen molar-refractivity contribution in [2.24, 2.45) is 0 Å². The number of ether oxygens (including phenoxy) is 2. The molecule has 0 heterocycles. The first kappa shape index (κ1) is 15.3. The fourth-order valence-electron chi connectivity index (χ4n) is 1.67. The molecule has 0 bridgehead atoms. The quantitative estimate of drug-likeness (QED) is 0.850. The first-order chi connectivity index (χ1) is 8.73. The average Bonchev–Trinajstić information content (AvgIpc) is 2.27. The molecule has 1 atom stereocenters. The molecule has 0 radical (unpaired) electrons. The van der Waals surface area contributed by atoms with Crippen molar-refractivity contribution in [1.82, 2.24) is 0 Å². The number of esters is 1. The summed E-state index contributed by atoms with van der Waals surface area (Å²) in [6.07, 6.45) is 0. The second kappa shape index (κ2) is 5.95. The minimum atomic E-state index is -0.469. The SMILES string of the molecule is COc1ccc(NC(C)C(=O)OC(C)(C)C)cc1C. The predicted octanol–water partition coefficient (Wildman–Crippen LogP) is 3.15. The lowest BCUT2D eigenvalue weighted by atomic mass is 10.1. The third-order valence-corrected chi connectivity index (χ3v) is 2.54. The van der Waals surface area contributed by atoms with Crippen LogP contribution in [0.15, 0.2) is 18.2 Å². The van der Waals surface area contributed by atoms with E-state index < -0.39 is 11.6 Å². The van der Waals surface area contributed by atoms with Gasteiger partial charge in [0.25, 0.3) is 0 Å². The third-order valence-electron chi connectivity index (χ3n) is 2.54. The Labute approximate surface area is 115 Å². The molecule has 1 unspecified atom stereocenters. The van der Waals surface area contributed by atoms with Gasteiger partial charge in [-0.25, -0.2) is 4.79 Å². The lowest BCUT2D eigenvalue weighted by Crippen LogP contribution is -2.34. The number of hydrogen-bond donors (Lipinski definition) is 1. The molecule has 0 spiro atoms. The summed E-state index contributed by atoms with van der Waals surface area (Å²) in [7, 11) is 1.64. The summed E-state index contributed by atoms with van der Waals surface area (Å²) < 4.78 is 10.5. The number of nitrogens with one attached hydrogen (secondary N) is 1. The first-order valence-electron chi connectivity index (χ1n) is 6.37. The van der Waals surface area contributed by atoms with Gasteiger partial charge in [0.15, 0.2) is 0 Å². The fourth-order valence-corrected chi connectivity index (χ4v) is 1.67. The zero-order valence-electron chi connectivity index (χ0n) is 12.5. The predicted molar refractivity (Wildman–Crippen MR) is 76.7 cm³/mol. The molecule has 1 aromatic carbocycles. The van der Waals surface area contributed by atoms with Crippen molar-refractivity contribution in [2.75, 3.05) is 12.4 Å². The summed E-state index contributed by atoms with van der Waals surface area (Å²) in [4.78, 5) is 11.9. The van der Waals surface area contributed by atoms with Crippen LogP contribution in [-0.4, -0.2) is 24.7 Å². The maximum Gasteiger partial charge on any atom is 0.328 e. The average molecular weight is 265 g/mol. The van der Waals surface area contributed by atoms with Crippen LogP contribution in [0.25, 0.3) is 0 Å². The number of carbonyl (C=O) groups excluding carboxylic acids is 1. The van der Waals surface area contributed by atoms with Gasteiger partial charge in [-0.05, 0) is 58.4 Å². The van der Waals surface area contributed by atoms with E-state index in [4.69, 9.17) is 9.47 Å². The van der Waals surface area contributed by atoms with Crippen LogP contribution in [0.5, 0.6) is 5.75 Å². The summed E-state index contributed by atoms with van der Waals surface area (Å²) >= 11 is 0. The van der Waals surface area contributed by atoms with Crippen molar-refractivity contribution in [1.29, 1.82) is 0 Å². The molecule has 0 aliphatic rings. The molecule has 1 aromatic rings. The van der Waals surface area contributed by atoms with E-state index >= 15 is 0 Å². The highest BCUT2D eigenvalue weighted by atomic mass is 16.6. The van der Waals surface area contributed by atoms with Crippen molar-refractivity contribution >= 4 is 11.7 Å². The van der Waals surface area contributed by atoms with Gasteiger partial charge in [-0.3, -0.25) is 0 Å². The molecule has 1 N–H and O–H groups in total. The summed E-state index contributed by atoms with van der Waals surface area (Å²) in [5.74, 6) is 0.566. The molecule has 4 nitrogen and oxygen atoms in total. The topological polar surface area (TPSA) is 47.6 Å². The highest BCUT2D eigenvalue weighted by molar-refractivity contribution is 5.79. The summed E-state index contributed by atoms with van der Waals surface area (Å²) in [6, 6.07) is 5.30. The van der Waals surface area contributed by atoms with Gasteiger partial charge < -0.3 is 14.8 Å². The van der Waals surface area contributed by atoms with Gasteiger partial charge in [0.05, 0.1) is 7.11 Å². The Morgan fingerprint density at radius 1 is 1.32 bits per heavy atom. The van der Waals surface area contributed by atoms with Crippen LogP contribution in [0.4, 0.5) is 5.69 Å². The van der Waals surface area contributed by atoms with Crippen molar-refractivity contribution in [2.45, 2.75) is 46.3 Å². The fraction of sp³-hybridized carbons (Fsp3) is 0.533. The minimum Gasteiger partial charge on any atom is -0.496 e. The minimum absolute atomic E-state index is 0.263. The van der Waals surface area contributed by atoms with Crippen molar-refractivity contribution in [3.63, 3.8) is 0 Å². The molecule has 0 amide bonds. The van der Waals surface area contributed by atoms with Gasteiger partial charge in [-0.1, -0.05) is 0 Å². The highest BCUT2D eigenvalue weighted by Crippen LogP contribution is 2.22. The zero-order chi connectivity index (χ0) is 14.6. The Bertz CT molecular complexity index is 449. The Balaban J connectivity index is 2.69. The number of rotatable bonds is 4. The molecule has 19 heavy (non-hydrogen) atoms. The van der Waals surface area contributed by atoms with Crippen molar-refractivity contribution in [3.05, 3.63) is 23.8 Å². The van der Waals surface area contributed by atoms with Gasteiger partial charge in [-0.2, -0.15) is 0 Å². The summed E-state index contributed by atoms with van der Waals surface area (Å²) in [5.41, 5.74) is 1.42. The number of methoxy groups -OCH3 is 1. The van der Waals surface area contributed by atoms with E-state index in [-0.39, 0.29) is 5.97 Å². The van der Waals surface area contributed by atoms with Gasteiger partial charge in [0, 0.05) is 5.69 Å². The number of anilines is 1. The second-order valence-electron chi connectivity index (χ2n) is 5.58. The molecule has 0 saturated heterocycles. The third kappa shape index (κ3) is 4.81. The monoisotopic (exact) mass is 265 g/mol. The first-order valence-corrected chi connectivity index (χ1v) is 6.37. The maximum absolute atomic E-state index is 11.9. The molecule has 106 valence electrons. The Morgan fingerprint density at radius 2 is 1.95 bits per heavy atom. The second-order valence-corrected chi connectivity index (χ2v) is 5.58. The molecule has 1 rings (SSSR count). The Morgan fingerprint density at radius 3 is 2.42 bits per heavy atom. The Hall–Kier alpha value is -1.71. The molecule has 0 saturated carbocycles. The summed E-state index contributed by atoms with van der Waals surface area (Å²) in [5, 5.41) is 3.13. The van der Waals surface area contributed by atoms with Crippen LogP contribution in [0.1, 0.15) is 33.3 Å². The van der Waals surface area contributed by atoms with E-state index in [2.05, 4.69) is 5.32 Å². The smallest absolute Gasteiger partial charge is 0.328 e. The van der Waals surface area contributed by atoms with Gasteiger partial charge in [0.1, 0.15) is 17.4 Å². The van der Waals surface area contributed by atoms with Crippen molar-refractivity contribution < 1.29 is 14.3 Å². The maximum atomic E-state index is 11.9. The van der Waals surface area contributed by atoms with E-state index in [0.29, 0.717) is 0 Å². The molecular formula is C15H23NO3. The van der Waals surface area contributed by atoms with Crippen LogP contribution >= 0.6 is 0 Å². The zero-order valence-corrected chi connectivity index (χ0v) is 12.5. The molecular weight excluding hydrogens is 242 g/mol. The number of aryl methyl sites for hydroxylation is 1. The van der Waals surface area contributed by atoms with Gasteiger partial charge in [-0.15, -0.1) is 0 Å². The molecule has 0 aliphatic carbocycles. The standard InChI is InChI=1S/C15H23NO3/c1-10-9-12(7-8-13(10)18-6)16-11(2)14(17)19-15(3,4)5/h7-9,11,16H,1-6H3. The lowest BCUT2D eigenvalue weighted by Gasteiger charge is -2.23. The van der Waals surface area contributed by atoms with Crippen LogP contribution in [0.3, 0.4) is 0 Å². The number of hydrogen-bond acceptors (Lipinski definition) is 4.